The molecule has 5 heteroatoms. The van der Waals surface area contributed by atoms with Crippen molar-refractivity contribution in [2.75, 3.05) is 0 Å². The second-order valence-corrected chi connectivity index (χ2v) is 8.07. The van der Waals surface area contributed by atoms with Gasteiger partial charge in [0.2, 0.25) is 5.91 Å². The number of rotatable bonds is 5. The topological polar surface area (TPSA) is 88.8 Å². The molecule has 0 unspecified atom stereocenters. The number of aromatic amines is 1. The van der Waals surface area contributed by atoms with Gasteiger partial charge in [0.05, 0.1) is 5.69 Å². The number of ketones is 1. The summed E-state index contributed by atoms with van der Waals surface area (Å²) in [6.45, 7) is 11.6. The highest BCUT2D eigenvalue weighted by Crippen LogP contribution is 2.29. The first-order valence-corrected chi connectivity index (χ1v) is 11.2. The van der Waals surface area contributed by atoms with Crippen LogP contribution in [0.3, 0.4) is 0 Å². The summed E-state index contributed by atoms with van der Waals surface area (Å²) in [4.78, 5) is 22.3. The first-order valence-electron chi connectivity index (χ1n) is 11.2. The molecular weight excluding hydrogens is 374 g/mol. The Kier molecular flexibility index (Phi) is 11.1. The second kappa shape index (κ2) is 13.0. The Labute approximate surface area is 181 Å². The van der Waals surface area contributed by atoms with E-state index in [2.05, 4.69) is 10.2 Å². The average Bonchev–Trinajstić information content (AvgIpc) is 3.09. The molecular formula is C25H39N3O2. The molecule has 3 rings (SSSR count). The Balaban J connectivity index is 0.000000487. The molecule has 1 aliphatic carbocycles. The number of nitrogens with zero attached hydrogens (tertiary/aromatic N) is 1. The van der Waals surface area contributed by atoms with Crippen LogP contribution < -0.4 is 5.73 Å². The SMILES string of the molecule is CC.CC(C)C(N)=O.Cc1n[nH]c(C)c1-c1ccc(C(=O)CC2CCCCC2)cc1. The van der Waals surface area contributed by atoms with Crippen LogP contribution in [0.1, 0.15) is 88.0 Å². The van der Waals surface area contributed by atoms with Crippen molar-refractivity contribution in [3.63, 3.8) is 0 Å². The van der Waals surface area contributed by atoms with Gasteiger partial charge in [-0.15, -0.1) is 0 Å². The lowest BCUT2D eigenvalue weighted by molar-refractivity contribution is -0.120. The predicted molar refractivity (Wildman–Crippen MR) is 124 cm³/mol. The van der Waals surface area contributed by atoms with Gasteiger partial charge in [-0.1, -0.05) is 84.1 Å². The summed E-state index contributed by atoms with van der Waals surface area (Å²) in [5.41, 5.74) is 9.97. The van der Waals surface area contributed by atoms with Crippen molar-refractivity contribution in [3.05, 3.63) is 41.2 Å². The molecule has 1 heterocycles. The lowest BCUT2D eigenvalue weighted by Crippen LogP contribution is -2.17. The number of benzene rings is 1. The number of nitrogens with two attached hydrogens (primary N) is 1. The maximum absolute atomic E-state index is 12.4. The van der Waals surface area contributed by atoms with Crippen molar-refractivity contribution >= 4 is 11.7 Å². The van der Waals surface area contributed by atoms with Gasteiger partial charge in [0, 0.05) is 29.2 Å². The molecule has 2 aromatic rings. The fourth-order valence-corrected chi connectivity index (χ4v) is 3.57. The van der Waals surface area contributed by atoms with E-state index in [0.717, 1.165) is 28.1 Å². The molecule has 1 saturated carbocycles. The van der Waals surface area contributed by atoms with Gasteiger partial charge in [0.1, 0.15) is 0 Å². The first kappa shape index (κ1) is 25.6. The maximum atomic E-state index is 12.4. The molecule has 1 amide bonds. The van der Waals surface area contributed by atoms with E-state index in [1.807, 2.05) is 52.0 Å². The molecule has 0 spiro atoms. The Morgan fingerprint density at radius 3 is 2.03 bits per heavy atom. The molecule has 1 fully saturated rings. The standard InChI is InChI=1S/C19H24N2O.C4H9NO.C2H6/c1-13-19(14(2)21-20-13)17-10-8-16(9-11-17)18(22)12-15-6-4-3-5-7-15;1-3(2)4(5)6;1-2/h8-11,15H,3-7,12H2,1-2H3,(H,20,21);3H,1-2H3,(H2,5,6);1-2H3. The van der Waals surface area contributed by atoms with E-state index < -0.39 is 0 Å². The molecule has 0 saturated heterocycles. The zero-order chi connectivity index (χ0) is 22.7. The summed E-state index contributed by atoms with van der Waals surface area (Å²) < 4.78 is 0. The number of aromatic nitrogens is 2. The third kappa shape index (κ3) is 7.77. The summed E-state index contributed by atoms with van der Waals surface area (Å²) in [6, 6.07) is 8.01. The third-order valence-corrected chi connectivity index (χ3v) is 5.39. The van der Waals surface area contributed by atoms with Crippen LogP contribution in [-0.4, -0.2) is 21.9 Å². The van der Waals surface area contributed by atoms with Gasteiger partial charge in [-0.25, -0.2) is 0 Å². The zero-order valence-electron chi connectivity index (χ0n) is 19.5. The lowest BCUT2D eigenvalue weighted by Gasteiger charge is -2.20. The van der Waals surface area contributed by atoms with E-state index in [1.165, 1.54) is 32.1 Å². The minimum atomic E-state index is -0.241. The zero-order valence-corrected chi connectivity index (χ0v) is 19.5. The van der Waals surface area contributed by atoms with E-state index >= 15 is 0 Å². The average molecular weight is 414 g/mol. The smallest absolute Gasteiger partial charge is 0.219 e. The van der Waals surface area contributed by atoms with Crippen molar-refractivity contribution < 1.29 is 9.59 Å². The summed E-state index contributed by atoms with van der Waals surface area (Å²) in [5, 5.41) is 7.25. The van der Waals surface area contributed by atoms with Crippen LogP contribution in [0, 0.1) is 25.7 Å². The number of hydrogen-bond donors (Lipinski definition) is 2. The fraction of sp³-hybridized carbons (Fsp3) is 0.560. The van der Waals surface area contributed by atoms with Gasteiger partial charge in [0.25, 0.3) is 0 Å². The lowest BCUT2D eigenvalue weighted by atomic mass is 9.84. The van der Waals surface area contributed by atoms with Crippen molar-refractivity contribution in [3.8, 4) is 11.1 Å². The van der Waals surface area contributed by atoms with Crippen LogP contribution in [0.25, 0.3) is 11.1 Å². The van der Waals surface area contributed by atoms with Crippen molar-refractivity contribution in [1.29, 1.82) is 0 Å². The van der Waals surface area contributed by atoms with Crippen LogP contribution in [0.4, 0.5) is 0 Å². The maximum Gasteiger partial charge on any atom is 0.219 e. The number of amides is 1. The van der Waals surface area contributed by atoms with Crippen molar-refractivity contribution in [1.82, 2.24) is 10.2 Å². The van der Waals surface area contributed by atoms with Gasteiger partial charge in [-0.3, -0.25) is 14.7 Å². The first-order chi connectivity index (χ1) is 14.3. The monoisotopic (exact) mass is 413 g/mol. The van der Waals surface area contributed by atoms with Crippen LogP contribution in [0.5, 0.6) is 0 Å². The minimum absolute atomic E-state index is 0.00926. The van der Waals surface area contributed by atoms with E-state index in [4.69, 9.17) is 5.73 Å². The highest BCUT2D eigenvalue weighted by molar-refractivity contribution is 5.96. The molecule has 0 aliphatic heterocycles. The number of carbonyl (C=O) groups is 2. The Morgan fingerprint density at radius 1 is 1.07 bits per heavy atom. The molecule has 1 aliphatic rings. The van der Waals surface area contributed by atoms with E-state index in [0.29, 0.717) is 18.1 Å². The van der Waals surface area contributed by atoms with Gasteiger partial charge in [-0.05, 0) is 25.3 Å². The molecule has 0 radical (unpaired) electrons. The summed E-state index contributed by atoms with van der Waals surface area (Å²) in [6.07, 6.45) is 7.06. The van der Waals surface area contributed by atoms with Crippen LogP contribution in [0.15, 0.2) is 24.3 Å². The largest absolute Gasteiger partial charge is 0.369 e. The highest BCUT2D eigenvalue weighted by Gasteiger charge is 2.18. The van der Waals surface area contributed by atoms with Crippen molar-refractivity contribution in [2.45, 2.75) is 80.1 Å². The van der Waals surface area contributed by atoms with Gasteiger partial charge in [0.15, 0.2) is 5.78 Å². The Morgan fingerprint density at radius 2 is 1.60 bits per heavy atom. The normalized spacial score (nSPS) is 13.7. The summed E-state index contributed by atoms with van der Waals surface area (Å²) in [5.74, 6) is 0.637. The van der Waals surface area contributed by atoms with Gasteiger partial charge < -0.3 is 5.73 Å². The second-order valence-electron chi connectivity index (χ2n) is 8.07. The minimum Gasteiger partial charge on any atom is -0.369 e. The summed E-state index contributed by atoms with van der Waals surface area (Å²) in [7, 11) is 0. The van der Waals surface area contributed by atoms with Crippen LogP contribution in [-0.2, 0) is 4.79 Å². The van der Waals surface area contributed by atoms with Crippen molar-refractivity contribution in [2.24, 2.45) is 17.6 Å². The van der Waals surface area contributed by atoms with Crippen LogP contribution in [0.2, 0.25) is 0 Å². The van der Waals surface area contributed by atoms with E-state index in [-0.39, 0.29) is 11.8 Å². The molecule has 166 valence electrons. The summed E-state index contributed by atoms with van der Waals surface area (Å²) >= 11 is 0. The van der Waals surface area contributed by atoms with Crippen LogP contribution >= 0.6 is 0 Å². The Bertz CT molecular complexity index is 766. The van der Waals surface area contributed by atoms with Gasteiger partial charge >= 0.3 is 0 Å². The third-order valence-electron chi connectivity index (χ3n) is 5.39. The number of hydrogen-bond acceptors (Lipinski definition) is 3. The molecule has 1 aromatic heterocycles. The fourth-order valence-electron chi connectivity index (χ4n) is 3.57. The number of Topliss-reactive ketones (excluding diaryl/α,β-unsaturated/α-hetero) is 1. The van der Waals surface area contributed by atoms with E-state index in [1.54, 1.807) is 13.8 Å². The highest BCUT2D eigenvalue weighted by atomic mass is 16.1. The molecule has 3 N–H and O–H groups in total. The molecule has 0 atom stereocenters. The molecule has 0 bridgehead atoms. The predicted octanol–water partition coefficient (Wildman–Crippen LogP) is 6.00. The number of H-pyrrole nitrogens is 1. The van der Waals surface area contributed by atoms with E-state index in [9.17, 15) is 9.59 Å². The quantitative estimate of drug-likeness (QED) is 0.589. The number of carbonyl (C=O) groups excluding carboxylic acids is 2. The molecule has 30 heavy (non-hydrogen) atoms. The van der Waals surface area contributed by atoms with Gasteiger partial charge in [-0.2, -0.15) is 5.10 Å². The molecule has 5 nitrogen and oxygen atoms in total. The number of primary amides is 1. The number of nitrogens with one attached hydrogen (secondary N) is 1. The Hall–Kier alpha value is -2.43. The molecule has 1 aromatic carbocycles. The number of aryl methyl sites for hydroxylation is 2.